The summed E-state index contributed by atoms with van der Waals surface area (Å²) in [4.78, 5) is 19.9. The van der Waals surface area contributed by atoms with Gasteiger partial charge in [-0.3, -0.25) is 9.69 Å². The molecule has 1 atom stereocenters. The normalized spacial score (nSPS) is 16.9. The molecule has 1 aliphatic rings. The number of nitrogens with zero attached hydrogens (tertiary/aromatic N) is 3. The quantitative estimate of drug-likeness (QED) is 0.559. The average molecular weight is 458 g/mol. The van der Waals surface area contributed by atoms with Gasteiger partial charge in [0.2, 0.25) is 10.0 Å². The van der Waals surface area contributed by atoms with Crippen LogP contribution < -0.4 is 9.64 Å². The van der Waals surface area contributed by atoms with E-state index in [9.17, 15) is 13.2 Å². The predicted octanol–water partition coefficient (Wildman–Crippen LogP) is 3.98. The molecule has 0 unspecified atom stereocenters. The Hall–Kier alpha value is -2.75. The number of thiazole rings is 1. The number of carbonyl (C=O) groups is 1. The molecule has 1 aromatic heterocycles. The average Bonchev–Trinajstić information content (AvgIpc) is 3.44. The number of aryl methyl sites for hydroxylation is 1. The molecule has 9 heteroatoms. The van der Waals surface area contributed by atoms with Gasteiger partial charge >= 0.3 is 0 Å². The van der Waals surface area contributed by atoms with Crippen molar-refractivity contribution >= 4 is 38.1 Å². The third-order valence-corrected chi connectivity index (χ3v) is 8.05. The molecule has 3 aromatic rings. The number of carbonyl (C=O) groups excluding carboxylic acids is 1. The monoisotopic (exact) mass is 457 g/mol. The van der Waals surface area contributed by atoms with Crippen molar-refractivity contribution in [1.29, 1.82) is 0 Å². The predicted molar refractivity (Wildman–Crippen MR) is 120 cm³/mol. The van der Waals surface area contributed by atoms with Crippen LogP contribution in [-0.2, 0) is 14.8 Å². The second-order valence-electron chi connectivity index (χ2n) is 7.23. The summed E-state index contributed by atoms with van der Waals surface area (Å²) in [5.74, 6) is 0.275. The van der Waals surface area contributed by atoms with E-state index in [1.165, 1.54) is 39.8 Å². The summed E-state index contributed by atoms with van der Waals surface area (Å²) in [5.41, 5.74) is 1.47. The number of para-hydroxylation sites is 1. The number of anilines is 2. The van der Waals surface area contributed by atoms with E-state index in [2.05, 4.69) is 4.98 Å². The largest absolute Gasteiger partial charge is 0.497 e. The summed E-state index contributed by atoms with van der Waals surface area (Å²) >= 11 is 1.36. The number of aromatic nitrogens is 1. The van der Waals surface area contributed by atoms with Gasteiger partial charge in [0.25, 0.3) is 5.91 Å². The molecule has 0 saturated carbocycles. The summed E-state index contributed by atoms with van der Waals surface area (Å²) in [5, 5.41) is 2.40. The fraction of sp³-hybridized carbons (Fsp3) is 0.273. The molecular formula is C22H23N3O4S2. The van der Waals surface area contributed by atoms with Gasteiger partial charge in [0.05, 0.1) is 23.4 Å². The van der Waals surface area contributed by atoms with Gasteiger partial charge in [0, 0.05) is 11.9 Å². The molecule has 1 saturated heterocycles. The molecule has 7 nitrogen and oxygen atoms in total. The van der Waals surface area contributed by atoms with Crippen LogP contribution in [-0.4, -0.2) is 43.3 Å². The number of benzene rings is 2. The zero-order valence-corrected chi connectivity index (χ0v) is 18.9. The molecule has 0 radical (unpaired) electrons. The number of hydrogen-bond donors (Lipinski definition) is 0. The maximum absolute atomic E-state index is 13.7. The van der Waals surface area contributed by atoms with Gasteiger partial charge in [-0.1, -0.05) is 18.2 Å². The first kappa shape index (κ1) is 21.5. The Morgan fingerprint density at radius 3 is 2.48 bits per heavy atom. The van der Waals surface area contributed by atoms with Crippen molar-refractivity contribution in [3.05, 3.63) is 65.7 Å². The lowest BCUT2D eigenvalue weighted by molar-refractivity contribution is -0.120. The van der Waals surface area contributed by atoms with Gasteiger partial charge < -0.3 is 4.74 Å². The molecule has 2 aromatic carbocycles. The van der Waals surface area contributed by atoms with Gasteiger partial charge in [-0.15, -0.1) is 11.3 Å². The van der Waals surface area contributed by atoms with E-state index in [-0.39, 0.29) is 10.8 Å². The van der Waals surface area contributed by atoms with E-state index in [0.717, 1.165) is 5.69 Å². The summed E-state index contributed by atoms with van der Waals surface area (Å²) in [6, 6.07) is 14.6. The van der Waals surface area contributed by atoms with Crippen molar-refractivity contribution < 1.29 is 17.9 Å². The van der Waals surface area contributed by atoms with Crippen molar-refractivity contribution in [2.75, 3.05) is 18.6 Å². The molecule has 2 heterocycles. The van der Waals surface area contributed by atoms with Crippen LogP contribution in [0.2, 0.25) is 0 Å². The minimum atomic E-state index is -3.84. The van der Waals surface area contributed by atoms with Gasteiger partial charge in [-0.2, -0.15) is 4.31 Å². The van der Waals surface area contributed by atoms with E-state index in [0.29, 0.717) is 36.0 Å². The Morgan fingerprint density at radius 2 is 1.87 bits per heavy atom. The molecule has 0 N–H and O–H groups in total. The van der Waals surface area contributed by atoms with Gasteiger partial charge in [0.15, 0.2) is 5.13 Å². The fourth-order valence-corrected chi connectivity index (χ4v) is 6.14. The molecule has 4 rings (SSSR count). The van der Waals surface area contributed by atoms with Crippen molar-refractivity contribution in [1.82, 2.24) is 9.29 Å². The van der Waals surface area contributed by atoms with Crippen LogP contribution >= 0.6 is 11.3 Å². The van der Waals surface area contributed by atoms with Crippen molar-refractivity contribution in [3.63, 3.8) is 0 Å². The number of sulfonamides is 1. The standard InChI is InChI=1S/C22H23N3O4S2/c1-16-15-30-22(23-16)25(17-7-4-3-5-8-17)21(26)20-9-6-14-24(20)31(27,28)19-12-10-18(29-2)11-13-19/h3-5,7-8,10-13,15,20H,6,9,14H2,1-2H3/t20-/m1/s1. The molecule has 1 amide bonds. The van der Waals surface area contributed by atoms with Crippen LogP contribution in [0.1, 0.15) is 18.5 Å². The number of ether oxygens (including phenoxy) is 1. The van der Waals surface area contributed by atoms with Crippen LogP contribution in [0, 0.1) is 6.92 Å². The highest BCUT2D eigenvalue weighted by atomic mass is 32.2. The molecular weight excluding hydrogens is 434 g/mol. The number of hydrogen-bond acceptors (Lipinski definition) is 6. The minimum absolute atomic E-state index is 0.143. The highest BCUT2D eigenvalue weighted by molar-refractivity contribution is 7.89. The van der Waals surface area contributed by atoms with Crippen LogP contribution in [0.3, 0.4) is 0 Å². The van der Waals surface area contributed by atoms with Crippen molar-refractivity contribution in [2.45, 2.75) is 30.7 Å². The van der Waals surface area contributed by atoms with Crippen LogP contribution in [0.25, 0.3) is 0 Å². The number of amides is 1. The molecule has 31 heavy (non-hydrogen) atoms. The molecule has 0 bridgehead atoms. The summed E-state index contributed by atoms with van der Waals surface area (Å²) < 4.78 is 33.1. The molecule has 0 spiro atoms. The summed E-state index contributed by atoms with van der Waals surface area (Å²) in [6.45, 7) is 2.16. The van der Waals surface area contributed by atoms with Gasteiger partial charge in [0.1, 0.15) is 11.8 Å². The maximum Gasteiger partial charge on any atom is 0.251 e. The van der Waals surface area contributed by atoms with Crippen molar-refractivity contribution in [2.24, 2.45) is 0 Å². The topological polar surface area (TPSA) is 79.8 Å². The molecule has 1 fully saturated rings. The maximum atomic E-state index is 13.7. The zero-order chi connectivity index (χ0) is 22.0. The SMILES string of the molecule is COc1ccc(S(=O)(=O)N2CCC[C@@H]2C(=O)N(c2ccccc2)c2nc(C)cs2)cc1. The zero-order valence-electron chi connectivity index (χ0n) is 17.3. The first-order valence-electron chi connectivity index (χ1n) is 9.89. The third-order valence-electron chi connectivity index (χ3n) is 5.19. The van der Waals surface area contributed by atoms with Gasteiger partial charge in [-0.05, 0) is 56.2 Å². The number of methoxy groups -OCH3 is 1. The van der Waals surface area contributed by atoms with Gasteiger partial charge in [-0.25, -0.2) is 13.4 Å². The first-order chi connectivity index (χ1) is 14.9. The highest BCUT2D eigenvalue weighted by Crippen LogP contribution is 2.34. The third kappa shape index (κ3) is 4.21. The Labute approximate surface area is 186 Å². The van der Waals surface area contributed by atoms with E-state index in [4.69, 9.17) is 4.74 Å². The molecule has 1 aliphatic heterocycles. The molecule has 0 aliphatic carbocycles. The lowest BCUT2D eigenvalue weighted by atomic mass is 10.2. The van der Waals surface area contributed by atoms with E-state index in [1.54, 1.807) is 12.1 Å². The van der Waals surface area contributed by atoms with Crippen LogP contribution in [0.4, 0.5) is 10.8 Å². The lowest BCUT2D eigenvalue weighted by Gasteiger charge is -2.28. The van der Waals surface area contributed by atoms with E-state index in [1.807, 2.05) is 42.6 Å². The molecule has 162 valence electrons. The fourth-order valence-electron chi connectivity index (χ4n) is 3.66. The lowest BCUT2D eigenvalue weighted by Crippen LogP contribution is -2.46. The minimum Gasteiger partial charge on any atom is -0.497 e. The Bertz CT molecular complexity index is 1160. The Kier molecular flexibility index (Phi) is 6.08. The Morgan fingerprint density at radius 1 is 1.16 bits per heavy atom. The van der Waals surface area contributed by atoms with E-state index >= 15 is 0 Å². The van der Waals surface area contributed by atoms with Crippen molar-refractivity contribution in [3.8, 4) is 5.75 Å². The summed E-state index contributed by atoms with van der Waals surface area (Å²) in [6.07, 6.45) is 1.08. The Balaban J connectivity index is 1.69. The number of rotatable bonds is 6. The summed E-state index contributed by atoms with van der Waals surface area (Å²) in [7, 11) is -2.31. The van der Waals surface area contributed by atoms with Crippen LogP contribution in [0.5, 0.6) is 5.75 Å². The highest BCUT2D eigenvalue weighted by Gasteiger charge is 2.42. The van der Waals surface area contributed by atoms with Crippen LogP contribution in [0.15, 0.2) is 64.9 Å². The first-order valence-corrected chi connectivity index (χ1v) is 12.2. The second-order valence-corrected chi connectivity index (χ2v) is 9.96. The second kappa shape index (κ2) is 8.78. The smallest absolute Gasteiger partial charge is 0.251 e. The van der Waals surface area contributed by atoms with E-state index < -0.39 is 16.1 Å².